The molecule has 0 saturated carbocycles. The molecule has 1 aromatic carbocycles. The van der Waals surface area contributed by atoms with Gasteiger partial charge >= 0.3 is 4.87 Å². The van der Waals surface area contributed by atoms with E-state index in [-0.39, 0.29) is 9.08 Å². The number of nitrogens with zero attached hydrogens (tertiary/aromatic N) is 1. The van der Waals surface area contributed by atoms with Crippen molar-refractivity contribution in [2.45, 2.75) is 17.7 Å². The molecule has 0 aliphatic rings. The fraction of sp³-hybridized carbons (Fsp3) is 0.154. The van der Waals surface area contributed by atoms with Gasteiger partial charge in [-0.25, -0.2) is 8.42 Å². The Kier molecular flexibility index (Phi) is 3.60. The minimum Gasteiger partial charge on any atom is -0.299 e. The number of hydrogen-bond donors (Lipinski definition) is 1. The molecular formula is C13H12N2O3S3. The number of aryl methyl sites for hydroxylation is 1. The number of hydrogen-bond acceptors (Lipinski definition) is 5. The zero-order valence-electron chi connectivity index (χ0n) is 11.1. The third kappa shape index (κ3) is 2.61. The second-order valence-corrected chi connectivity index (χ2v) is 8.18. The average molecular weight is 340 g/mol. The van der Waals surface area contributed by atoms with Crippen LogP contribution < -0.4 is 9.60 Å². The summed E-state index contributed by atoms with van der Waals surface area (Å²) in [4.78, 5) is 11.8. The smallest absolute Gasteiger partial charge is 0.299 e. The van der Waals surface area contributed by atoms with Gasteiger partial charge in [-0.05, 0) is 36.6 Å². The SMILES string of the molecule is CCn1c(=O)sc2cc(NS(=O)(=O)c3cccs3)ccc21. The maximum atomic E-state index is 12.2. The number of fused-ring (bicyclic) bond motifs is 1. The van der Waals surface area contributed by atoms with Crippen LogP contribution in [0.3, 0.4) is 0 Å². The summed E-state index contributed by atoms with van der Waals surface area (Å²) in [6.45, 7) is 2.50. The molecule has 2 heterocycles. The van der Waals surface area contributed by atoms with Crippen LogP contribution in [-0.2, 0) is 16.6 Å². The van der Waals surface area contributed by atoms with E-state index in [2.05, 4.69) is 4.72 Å². The molecule has 0 aliphatic carbocycles. The highest BCUT2D eigenvalue weighted by Crippen LogP contribution is 2.25. The maximum absolute atomic E-state index is 12.2. The Morgan fingerprint density at radius 2 is 2.10 bits per heavy atom. The standard InChI is InChI=1S/C13H12N2O3S3/c1-2-15-10-6-5-9(8-11(10)20-13(15)16)14-21(17,18)12-4-3-7-19-12/h3-8,14H,2H2,1H3. The molecule has 0 saturated heterocycles. The lowest BCUT2D eigenvalue weighted by atomic mass is 10.3. The van der Waals surface area contributed by atoms with Crippen LogP contribution in [0.2, 0.25) is 0 Å². The van der Waals surface area contributed by atoms with E-state index < -0.39 is 10.0 Å². The number of aromatic nitrogens is 1. The van der Waals surface area contributed by atoms with Crippen molar-refractivity contribution in [1.29, 1.82) is 0 Å². The summed E-state index contributed by atoms with van der Waals surface area (Å²) < 4.78 is 29.6. The molecule has 8 heteroatoms. The first-order valence-corrected chi connectivity index (χ1v) is 9.39. The van der Waals surface area contributed by atoms with Crippen molar-refractivity contribution >= 4 is 48.6 Å². The van der Waals surface area contributed by atoms with Crippen LogP contribution in [0.4, 0.5) is 5.69 Å². The van der Waals surface area contributed by atoms with E-state index in [1.165, 1.54) is 0 Å². The first kappa shape index (κ1) is 14.3. The number of thiophene rings is 1. The van der Waals surface area contributed by atoms with E-state index in [9.17, 15) is 13.2 Å². The lowest BCUT2D eigenvalue weighted by molar-refractivity contribution is 0.603. The summed E-state index contributed by atoms with van der Waals surface area (Å²) in [5.74, 6) is 0. The molecule has 0 atom stereocenters. The Balaban J connectivity index is 2.01. The maximum Gasteiger partial charge on any atom is 0.308 e. The number of benzene rings is 1. The van der Waals surface area contributed by atoms with E-state index in [0.717, 1.165) is 32.9 Å². The molecule has 3 rings (SSSR count). The molecule has 0 unspecified atom stereocenters. The van der Waals surface area contributed by atoms with Gasteiger partial charge in [-0.2, -0.15) is 0 Å². The van der Waals surface area contributed by atoms with Crippen molar-refractivity contribution in [2.75, 3.05) is 4.72 Å². The Bertz CT molecular complexity index is 937. The zero-order chi connectivity index (χ0) is 15.0. The summed E-state index contributed by atoms with van der Waals surface area (Å²) in [6.07, 6.45) is 0. The summed E-state index contributed by atoms with van der Waals surface area (Å²) in [6, 6.07) is 8.38. The molecule has 21 heavy (non-hydrogen) atoms. The molecule has 5 nitrogen and oxygen atoms in total. The van der Waals surface area contributed by atoms with Crippen molar-refractivity contribution in [3.05, 3.63) is 45.4 Å². The summed E-state index contributed by atoms with van der Waals surface area (Å²) >= 11 is 2.28. The predicted molar refractivity (Wildman–Crippen MR) is 86.9 cm³/mol. The highest BCUT2D eigenvalue weighted by atomic mass is 32.2. The van der Waals surface area contributed by atoms with Gasteiger partial charge in [0.15, 0.2) is 0 Å². The number of nitrogens with one attached hydrogen (secondary N) is 1. The zero-order valence-corrected chi connectivity index (χ0v) is 13.5. The minimum atomic E-state index is -3.56. The molecule has 0 fully saturated rings. The summed E-state index contributed by atoms with van der Waals surface area (Å²) in [5, 5.41) is 1.71. The van der Waals surface area contributed by atoms with Gasteiger partial charge in [0, 0.05) is 6.54 Å². The first-order chi connectivity index (χ1) is 10.0. The van der Waals surface area contributed by atoms with E-state index in [1.807, 2.05) is 6.92 Å². The molecule has 0 spiro atoms. The van der Waals surface area contributed by atoms with Crippen LogP contribution in [0, 0.1) is 0 Å². The Labute approximate surface area is 129 Å². The number of rotatable bonds is 4. The van der Waals surface area contributed by atoms with E-state index >= 15 is 0 Å². The van der Waals surface area contributed by atoms with Crippen LogP contribution in [0.1, 0.15) is 6.92 Å². The second-order valence-electron chi connectivity index (χ2n) is 4.33. The van der Waals surface area contributed by atoms with Crippen molar-refractivity contribution in [2.24, 2.45) is 0 Å². The highest BCUT2D eigenvalue weighted by Gasteiger charge is 2.16. The van der Waals surface area contributed by atoms with Gasteiger partial charge in [-0.3, -0.25) is 14.1 Å². The van der Waals surface area contributed by atoms with Crippen molar-refractivity contribution < 1.29 is 8.42 Å². The Morgan fingerprint density at radius 1 is 1.29 bits per heavy atom. The molecule has 1 N–H and O–H groups in total. The topological polar surface area (TPSA) is 68.2 Å². The van der Waals surface area contributed by atoms with Gasteiger partial charge in [0.25, 0.3) is 10.0 Å². The van der Waals surface area contributed by atoms with Gasteiger partial charge < -0.3 is 0 Å². The third-order valence-electron chi connectivity index (χ3n) is 3.00. The molecule has 0 radical (unpaired) electrons. The number of sulfonamides is 1. The second kappa shape index (κ2) is 5.28. The number of thiazole rings is 1. The van der Waals surface area contributed by atoms with Gasteiger partial charge in [0.05, 0.1) is 15.9 Å². The van der Waals surface area contributed by atoms with Crippen LogP contribution in [0.5, 0.6) is 0 Å². The molecule has 0 bridgehead atoms. The minimum absolute atomic E-state index is 0.0363. The molecule has 2 aromatic heterocycles. The van der Waals surface area contributed by atoms with Gasteiger partial charge in [-0.15, -0.1) is 11.3 Å². The quantitative estimate of drug-likeness (QED) is 0.794. The van der Waals surface area contributed by atoms with Crippen LogP contribution >= 0.6 is 22.7 Å². The van der Waals surface area contributed by atoms with Crippen LogP contribution in [-0.4, -0.2) is 13.0 Å². The molecular weight excluding hydrogens is 328 g/mol. The van der Waals surface area contributed by atoms with E-state index in [1.54, 1.807) is 40.3 Å². The Hall–Kier alpha value is -1.64. The molecule has 0 amide bonds. The predicted octanol–water partition coefficient (Wildman–Crippen LogP) is 2.95. The fourth-order valence-corrected chi connectivity index (χ4v) is 5.09. The average Bonchev–Trinajstić information content (AvgIpc) is 3.04. The van der Waals surface area contributed by atoms with E-state index in [0.29, 0.717) is 12.2 Å². The Morgan fingerprint density at radius 3 is 2.76 bits per heavy atom. The molecule has 110 valence electrons. The monoisotopic (exact) mass is 340 g/mol. The normalized spacial score (nSPS) is 11.9. The van der Waals surface area contributed by atoms with Crippen molar-refractivity contribution in [3.63, 3.8) is 0 Å². The highest BCUT2D eigenvalue weighted by molar-refractivity contribution is 7.94. The van der Waals surface area contributed by atoms with Crippen molar-refractivity contribution in [3.8, 4) is 0 Å². The fourth-order valence-electron chi connectivity index (χ4n) is 2.05. The molecule has 3 aromatic rings. The van der Waals surface area contributed by atoms with Crippen LogP contribution in [0.25, 0.3) is 10.2 Å². The van der Waals surface area contributed by atoms with Crippen LogP contribution in [0.15, 0.2) is 44.7 Å². The third-order valence-corrected chi connectivity index (χ3v) is 6.72. The number of anilines is 1. The van der Waals surface area contributed by atoms with Crippen molar-refractivity contribution in [1.82, 2.24) is 4.57 Å². The lowest BCUT2D eigenvalue weighted by Gasteiger charge is -2.06. The summed E-state index contributed by atoms with van der Waals surface area (Å²) in [5.41, 5.74) is 1.28. The lowest BCUT2D eigenvalue weighted by Crippen LogP contribution is -2.11. The van der Waals surface area contributed by atoms with Gasteiger partial charge in [0.1, 0.15) is 4.21 Å². The van der Waals surface area contributed by atoms with Gasteiger partial charge in [0.2, 0.25) is 0 Å². The first-order valence-electron chi connectivity index (χ1n) is 6.21. The molecule has 0 aliphatic heterocycles. The largest absolute Gasteiger partial charge is 0.308 e. The van der Waals surface area contributed by atoms with Gasteiger partial charge in [-0.1, -0.05) is 17.4 Å². The van der Waals surface area contributed by atoms with E-state index in [4.69, 9.17) is 0 Å². The summed E-state index contributed by atoms with van der Waals surface area (Å²) in [7, 11) is -3.56.